The Morgan fingerprint density at radius 3 is 2.41 bits per heavy atom. The van der Waals surface area contributed by atoms with E-state index in [1.165, 1.54) is 16.2 Å². The highest BCUT2D eigenvalue weighted by Gasteiger charge is 2.48. The SMILES string of the molecule is COc1ccc(/C(O)=C2\C(=O)C(=O)N(c3nc4ccc(C)cc4s3)[C@@H]2c2ccc(C(C)C)cc2)cc1C. The number of methoxy groups -OCH3 is 1. The number of nitrogens with zero attached hydrogens (tertiary/aromatic N) is 2. The van der Waals surface area contributed by atoms with E-state index in [-0.39, 0.29) is 11.3 Å². The zero-order chi connectivity index (χ0) is 26.4. The molecule has 1 aliphatic rings. The number of ether oxygens (including phenoxy) is 1. The Morgan fingerprint density at radius 2 is 1.76 bits per heavy atom. The van der Waals surface area contributed by atoms with Crippen LogP contribution in [0.15, 0.2) is 66.2 Å². The van der Waals surface area contributed by atoms with Crippen LogP contribution in [0.5, 0.6) is 5.75 Å². The molecule has 0 aliphatic carbocycles. The van der Waals surface area contributed by atoms with E-state index in [1.807, 2.05) is 56.3 Å². The van der Waals surface area contributed by atoms with Gasteiger partial charge in [0.15, 0.2) is 5.13 Å². The van der Waals surface area contributed by atoms with Gasteiger partial charge in [0.1, 0.15) is 11.5 Å². The molecule has 0 saturated carbocycles. The lowest BCUT2D eigenvalue weighted by molar-refractivity contribution is -0.132. The predicted octanol–water partition coefficient (Wildman–Crippen LogP) is 6.67. The lowest BCUT2D eigenvalue weighted by atomic mass is 9.93. The molecule has 0 radical (unpaired) electrons. The summed E-state index contributed by atoms with van der Waals surface area (Å²) in [5.74, 6) is -0.667. The fourth-order valence-electron chi connectivity index (χ4n) is 4.71. The second-order valence-electron chi connectivity index (χ2n) is 9.64. The van der Waals surface area contributed by atoms with Gasteiger partial charge in [-0.15, -0.1) is 0 Å². The van der Waals surface area contributed by atoms with E-state index in [1.54, 1.807) is 25.3 Å². The Kier molecular flexibility index (Phi) is 6.33. The highest BCUT2D eigenvalue weighted by Crippen LogP contribution is 2.44. The Bertz CT molecular complexity index is 1570. The van der Waals surface area contributed by atoms with E-state index in [2.05, 4.69) is 13.8 Å². The first-order valence-electron chi connectivity index (χ1n) is 12.1. The fraction of sp³-hybridized carbons (Fsp3) is 0.233. The fourth-order valence-corrected chi connectivity index (χ4v) is 5.80. The molecule has 0 bridgehead atoms. The number of ketones is 1. The molecule has 6 nitrogen and oxygen atoms in total. The largest absolute Gasteiger partial charge is 0.507 e. The van der Waals surface area contributed by atoms with Crippen LogP contribution in [0, 0.1) is 13.8 Å². The molecule has 1 atom stereocenters. The normalized spacial score (nSPS) is 17.2. The summed E-state index contributed by atoms with van der Waals surface area (Å²) in [6, 6.07) is 18.1. The van der Waals surface area contributed by atoms with Gasteiger partial charge < -0.3 is 9.84 Å². The molecule has 3 aromatic carbocycles. The number of hydrogen-bond donors (Lipinski definition) is 1. The standard InChI is InChI=1S/C30H28N2O4S/c1-16(2)19-7-9-20(10-8-19)26-25(27(33)21-11-13-23(36-5)18(4)15-21)28(34)29(35)32(26)30-31-22-12-6-17(3)14-24(22)37-30/h6-16,26,33H,1-5H3/b27-25+/t26-/m1/s1. The Balaban J connectivity index is 1.71. The molecule has 7 heteroatoms. The summed E-state index contributed by atoms with van der Waals surface area (Å²) < 4.78 is 6.27. The van der Waals surface area contributed by atoms with Gasteiger partial charge in [-0.05, 0) is 72.4 Å². The van der Waals surface area contributed by atoms with E-state index in [0.29, 0.717) is 22.4 Å². The monoisotopic (exact) mass is 512 g/mol. The van der Waals surface area contributed by atoms with Gasteiger partial charge >= 0.3 is 5.91 Å². The average molecular weight is 513 g/mol. The topological polar surface area (TPSA) is 79.7 Å². The van der Waals surface area contributed by atoms with Gasteiger partial charge in [0.25, 0.3) is 5.78 Å². The van der Waals surface area contributed by atoms with Gasteiger partial charge in [-0.1, -0.05) is 55.5 Å². The second kappa shape index (κ2) is 9.48. The van der Waals surface area contributed by atoms with Gasteiger partial charge in [0.05, 0.1) is 28.9 Å². The van der Waals surface area contributed by atoms with Gasteiger partial charge in [0, 0.05) is 5.56 Å². The van der Waals surface area contributed by atoms with Crippen LogP contribution in [0.25, 0.3) is 16.0 Å². The number of aryl methyl sites for hydroxylation is 2. The van der Waals surface area contributed by atoms with E-state index in [0.717, 1.165) is 32.5 Å². The van der Waals surface area contributed by atoms with Crippen LogP contribution < -0.4 is 9.64 Å². The summed E-state index contributed by atoms with van der Waals surface area (Å²) in [6.07, 6.45) is 0. The molecule has 1 amide bonds. The molecule has 0 spiro atoms. The lowest BCUT2D eigenvalue weighted by Gasteiger charge is -2.23. The number of thiazole rings is 1. The van der Waals surface area contributed by atoms with Crippen molar-refractivity contribution in [1.82, 2.24) is 4.98 Å². The molecule has 188 valence electrons. The number of fused-ring (bicyclic) bond motifs is 1. The minimum atomic E-state index is -0.815. The number of amides is 1. The molecule has 1 N–H and O–H groups in total. The molecule has 5 rings (SSSR count). The van der Waals surface area contributed by atoms with Crippen molar-refractivity contribution < 1.29 is 19.4 Å². The van der Waals surface area contributed by atoms with Crippen LogP contribution in [0.3, 0.4) is 0 Å². The summed E-state index contributed by atoms with van der Waals surface area (Å²) in [4.78, 5) is 33.1. The molecule has 1 aliphatic heterocycles. The third kappa shape index (κ3) is 4.29. The zero-order valence-corrected chi connectivity index (χ0v) is 22.2. The van der Waals surface area contributed by atoms with Gasteiger partial charge in [-0.3, -0.25) is 14.5 Å². The molecule has 4 aromatic rings. The Labute approximate surface area is 219 Å². The number of benzene rings is 3. The van der Waals surface area contributed by atoms with Crippen LogP contribution in [0.1, 0.15) is 53.6 Å². The van der Waals surface area contributed by atoms with E-state index >= 15 is 0 Å². The first-order chi connectivity index (χ1) is 17.7. The molecule has 1 saturated heterocycles. The van der Waals surface area contributed by atoms with E-state index < -0.39 is 17.7 Å². The van der Waals surface area contributed by atoms with Crippen molar-refractivity contribution in [2.75, 3.05) is 12.0 Å². The Morgan fingerprint density at radius 1 is 1.03 bits per heavy atom. The second-order valence-corrected chi connectivity index (χ2v) is 10.7. The minimum absolute atomic E-state index is 0.0438. The molecule has 37 heavy (non-hydrogen) atoms. The smallest absolute Gasteiger partial charge is 0.301 e. The van der Waals surface area contributed by atoms with Crippen LogP contribution in [-0.4, -0.2) is 28.9 Å². The van der Waals surface area contributed by atoms with Gasteiger partial charge in [-0.2, -0.15) is 0 Å². The van der Waals surface area contributed by atoms with Crippen LogP contribution in [0.2, 0.25) is 0 Å². The maximum Gasteiger partial charge on any atom is 0.301 e. The van der Waals surface area contributed by atoms with Crippen molar-refractivity contribution in [1.29, 1.82) is 0 Å². The minimum Gasteiger partial charge on any atom is -0.507 e. The maximum atomic E-state index is 13.5. The molecule has 0 unspecified atom stereocenters. The number of hydrogen-bond acceptors (Lipinski definition) is 6. The van der Waals surface area contributed by atoms with Gasteiger partial charge in [-0.25, -0.2) is 4.98 Å². The Hall–Kier alpha value is -3.97. The van der Waals surface area contributed by atoms with Crippen molar-refractivity contribution in [2.45, 2.75) is 39.7 Å². The number of carbonyl (C=O) groups excluding carboxylic acids is 2. The first kappa shape index (κ1) is 24.7. The number of carbonyl (C=O) groups is 2. The predicted molar refractivity (Wildman–Crippen MR) is 147 cm³/mol. The number of anilines is 1. The highest BCUT2D eigenvalue weighted by molar-refractivity contribution is 7.22. The van der Waals surface area contributed by atoms with Crippen LogP contribution in [0.4, 0.5) is 5.13 Å². The average Bonchev–Trinajstić information content (AvgIpc) is 3.41. The summed E-state index contributed by atoms with van der Waals surface area (Å²) in [7, 11) is 1.58. The van der Waals surface area contributed by atoms with Crippen molar-refractivity contribution in [3.05, 3.63) is 94.1 Å². The summed E-state index contributed by atoms with van der Waals surface area (Å²) in [6.45, 7) is 8.07. The lowest BCUT2D eigenvalue weighted by Crippen LogP contribution is -2.29. The first-order valence-corrected chi connectivity index (χ1v) is 12.9. The molecule has 2 heterocycles. The van der Waals surface area contributed by atoms with Crippen LogP contribution >= 0.6 is 11.3 Å². The van der Waals surface area contributed by atoms with Crippen molar-refractivity contribution in [3.8, 4) is 5.75 Å². The van der Waals surface area contributed by atoms with Crippen molar-refractivity contribution >= 4 is 44.1 Å². The summed E-state index contributed by atoms with van der Waals surface area (Å²) >= 11 is 1.36. The third-order valence-corrected chi connectivity index (χ3v) is 7.79. The number of aliphatic hydroxyl groups excluding tert-OH is 1. The van der Waals surface area contributed by atoms with E-state index in [4.69, 9.17) is 9.72 Å². The summed E-state index contributed by atoms with van der Waals surface area (Å²) in [5, 5.41) is 11.9. The number of aliphatic hydroxyl groups is 1. The third-order valence-electron chi connectivity index (χ3n) is 6.77. The quantitative estimate of drug-likeness (QED) is 0.183. The van der Waals surface area contributed by atoms with Crippen LogP contribution in [-0.2, 0) is 9.59 Å². The molecule has 1 fully saturated rings. The number of aromatic nitrogens is 1. The van der Waals surface area contributed by atoms with E-state index in [9.17, 15) is 14.7 Å². The zero-order valence-electron chi connectivity index (χ0n) is 21.4. The summed E-state index contributed by atoms with van der Waals surface area (Å²) in [5.41, 5.74) is 5.00. The van der Waals surface area contributed by atoms with Crippen molar-refractivity contribution in [3.63, 3.8) is 0 Å². The molecular formula is C30H28N2O4S. The molecule has 1 aromatic heterocycles. The van der Waals surface area contributed by atoms with Crippen molar-refractivity contribution in [2.24, 2.45) is 0 Å². The maximum absolute atomic E-state index is 13.5. The highest BCUT2D eigenvalue weighted by atomic mass is 32.1. The number of Topliss-reactive ketones (excluding diaryl/α,β-unsaturated/α-hetero) is 1. The van der Waals surface area contributed by atoms with Gasteiger partial charge in [0.2, 0.25) is 0 Å². The number of rotatable bonds is 5. The molecular weight excluding hydrogens is 484 g/mol.